The number of carboxylic acid groups (broad SMARTS) is 1. The Bertz CT molecular complexity index is 405. The first-order chi connectivity index (χ1) is 6.93. The lowest BCUT2D eigenvalue weighted by molar-refractivity contribution is -0.139. The molecule has 1 aromatic carbocycles. The highest BCUT2D eigenvalue weighted by atomic mass is 35.5. The lowest BCUT2D eigenvalue weighted by Crippen LogP contribution is -2.10. The first-order valence-corrected chi connectivity index (χ1v) is 5.12. The molecule has 0 aliphatic rings. The highest BCUT2D eigenvalue weighted by Gasteiger charge is 2.15. The molecule has 0 unspecified atom stereocenters. The number of hydrogen-bond donors (Lipinski definition) is 1. The van der Waals surface area contributed by atoms with Gasteiger partial charge in [-0.05, 0) is 6.07 Å². The van der Waals surface area contributed by atoms with Crippen molar-refractivity contribution in [1.29, 1.82) is 0 Å². The summed E-state index contributed by atoms with van der Waals surface area (Å²) in [6, 6.07) is 1.33. The largest absolute Gasteiger partial charge is 0.479 e. The summed E-state index contributed by atoms with van der Waals surface area (Å²) >= 11 is 22.9. The summed E-state index contributed by atoms with van der Waals surface area (Å²) in [5.74, 6) is -1.14. The average molecular weight is 290 g/mol. The summed E-state index contributed by atoms with van der Waals surface area (Å²) in [7, 11) is 0. The van der Waals surface area contributed by atoms with E-state index in [4.69, 9.17) is 56.2 Å². The zero-order valence-corrected chi connectivity index (χ0v) is 10.1. The monoisotopic (exact) mass is 288 g/mol. The van der Waals surface area contributed by atoms with Crippen molar-refractivity contribution in [3.8, 4) is 5.75 Å². The number of aliphatic carboxylic acids is 1. The van der Waals surface area contributed by atoms with E-state index in [0.717, 1.165) is 0 Å². The molecule has 0 amide bonds. The third kappa shape index (κ3) is 3.05. The molecule has 0 heterocycles. The molecule has 0 aromatic heterocycles. The molecule has 0 aliphatic carbocycles. The number of ether oxygens (including phenoxy) is 1. The molecule has 0 bridgehead atoms. The van der Waals surface area contributed by atoms with Crippen LogP contribution >= 0.6 is 46.4 Å². The molecule has 15 heavy (non-hydrogen) atoms. The highest BCUT2D eigenvalue weighted by molar-refractivity contribution is 6.50. The molecule has 1 aromatic rings. The minimum atomic E-state index is -1.15. The summed E-state index contributed by atoms with van der Waals surface area (Å²) in [4.78, 5) is 10.3. The van der Waals surface area contributed by atoms with E-state index < -0.39 is 12.6 Å². The maximum atomic E-state index is 10.3. The number of carboxylic acids is 1. The fourth-order valence-electron chi connectivity index (χ4n) is 0.816. The Kier molecular flexibility index (Phi) is 4.34. The van der Waals surface area contributed by atoms with Gasteiger partial charge in [-0.1, -0.05) is 46.4 Å². The molecule has 82 valence electrons. The molecule has 7 heteroatoms. The summed E-state index contributed by atoms with van der Waals surface area (Å²) in [6.45, 7) is -0.558. The first kappa shape index (κ1) is 12.7. The summed E-state index contributed by atoms with van der Waals surface area (Å²) in [6.07, 6.45) is 0. The van der Waals surface area contributed by atoms with Crippen molar-refractivity contribution in [1.82, 2.24) is 0 Å². The van der Waals surface area contributed by atoms with Crippen LogP contribution < -0.4 is 4.74 Å². The first-order valence-electron chi connectivity index (χ1n) is 3.61. The topological polar surface area (TPSA) is 46.5 Å². The van der Waals surface area contributed by atoms with Crippen LogP contribution in [0.5, 0.6) is 5.75 Å². The van der Waals surface area contributed by atoms with Gasteiger partial charge in [0.15, 0.2) is 12.4 Å². The van der Waals surface area contributed by atoms with E-state index in [0.29, 0.717) is 0 Å². The molecule has 3 nitrogen and oxygen atoms in total. The van der Waals surface area contributed by atoms with E-state index in [-0.39, 0.29) is 25.8 Å². The van der Waals surface area contributed by atoms with Gasteiger partial charge in [0.25, 0.3) is 0 Å². The van der Waals surface area contributed by atoms with Crippen LogP contribution in [0.15, 0.2) is 6.07 Å². The van der Waals surface area contributed by atoms with Crippen LogP contribution in [0.2, 0.25) is 20.1 Å². The van der Waals surface area contributed by atoms with E-state index >= 15 is 0 Å². The third-order valence-corrected chi connectivity index (χ3v) is 2.94. The van der Waals surface area contributed by atoms with E-state index in [2.05, 4.69) is 0 Å². The van der Waals surface area contributed by atoms with E-state index in [9.17, 15) is 4.79 Å². The highest BCUT2D eigenvalue weighted by Crippen LogP contribution is 2.42. The molecule has 0 saturated carbocycles. The van der Waals surface area contributed by atoms with Crippen LogP contribution in [-0.4, -0.2) is 17.7 Å². The van der Waals surface area contributed by atoms with Gasteiger partial charge in [-0.25, -0.2) is 4.79 Å². The van der Waals surface area contributed by atoms with Crippen LogP contribution in [0, 0.1) is 0 Å². The molecule has 0 atom stereocenters. The van der Waals surface area contributed by atoms with Crippen molar-refractivity contribution in [2.75, 3.05) is 6.61 Å². The van der Waals surface area contributed by atoms with Crippen LogP contribution in [0.4, 0.5) is 0 Å². The van der Waals surface area contributed by atoms with Crippen molar-refractivity contribution in [2.24, 2.45) is 0 Å². The second-order valence-corrected chi connectivity index (χ2v) is 4.05. The second-order valence-electron chi connectivity index (χ2n) is 2.48. The average Bonchev–Trinajstić information content (AvgIpc) is 2.14. The van der Waals surface area contributed by atoms with E-state index in [1.165, 1.54) is 6.07 Å². The Morgan fingerprint density at radius 2 is 1.80 bits per heavy atom. The van der Waals surface area contributed by atoms with Gasteiger partial charge >= 0.3 is 5.97 Å². The van der Waals surface area contributed by atoms with Crippen molar-refractivity contribution in [3.63, 3.8) is 0 Å². The van der Waals surface area contributed by atoms with Gasteiger partial charge in [-0.15, -0.1) is 0 Å². The second kappa shape index (κ2) is 5.12. The molecular weight excluding hydrogens is 286 g/mol. The normalized spacial score (nSPS) is 10.1. The van der Waals surface area contributed by atoms with Crippen LogP contribution in [-0.2, 0) is 4.79 Å². The summed E-state index contributed by atoms with van der Waals surface area (Å²) in [5, 5.41) is 8.76. The molecule has 0 saturated heterocycles. The maximum Gasteiger partial charge on any atom is 0.341 e. The molecule has 0 fully saturated rings. The minimum Gasteiger partial charge on any atom is -0.479 e. The SMILES string of the molecule is O=C(O)COc1c(Cl)cc(Cl)c(Cl)c1Cl. The van der Waals surface area contributed by atoms with Crippen molar-refractivity contribution < 1.29 is 14.6 Å². The zero-order chi connectivity index (χ0) is 11.6. The van der Waals surface area contributed by atoms with E-state index in [1.807, 2.05) is 0 Å². The fourth-order valence-corrected chi connectivity index (χ4v) is 1.83. The van der Waals surface area contributed by atoms with Gasteiger partial charge in [0.2, 0.25) is 0 Å². The molecule has 0 aliphatic heterocycles. The molecule has 1 rings (SSSR count). The number of halogens is 4. The van der Waals surface area contributed by atoms with Gasteiger partial charge in [0.05, 0.1) is 15.1 Å². The Labute approximate surface area is 105 Å². The Morgan fingerprint density at radius 1 is 1.20 bits per heavy atom. The van der Waals surface area contributed by atoms with Crippen LogP contribution in [0.25, 0.3) is 0 Å². The zero-order valence-electron chi connectivity index (χ0n) is 7.06. The summed E-state index contributed by atoms with van der Waals surface area (Å²) in [5.41, 5.74) is 0. The van der Waals surface area contributed by atoms with Crippen LogP contribution in [0.1, 0.15) is 0 Å². The molecule has 1 N–H and O–H groups in total. The van der Waals surface area contributed by atoms with Gasteiger partial charge in [0, 0.05) is 0 Å². The smallest absolute Gasteiger partial charge is 0.341 e. The molecule has 0 radical (unpaired) electrons. The number of hydrogen-bond acceptors (Lipinski definition) is 2. The van der Waals surface area contributed by atoms with Gasteiger partial charge < -0.3 is 9.84 Å². The fraction of sp³-hybridized carbons (Fsp3) is 0.125. The van der Waals surface area contributed by atoms with Crippen molar-refractivity contribution >= 4 is 52.4 Å². The quantitative estimate of drug-likeness (QED) is 0.681. The molecule has 0 spiro atoms. The Balaban J connectivity index is 3.07. The van der Waals surface area contributed by atoms with Gasteiger partial charge in [-0.2, -0.15) is 0 Å². The number of rotatable bonds is 3. The van der Waals surface area contributed by atoms with Crippen LogP contribution in [0.3, 0.4) is 0 Å². The minimum absolute atomic E-state index is 0.00424. The molecular formula is C8H4Cl4O3. The van der Waals surface area contributed by atoms with Crippen molar-refractivity contribution in [2.45, 2.75) is 0 Å². The third-order valence-electron chi connectivity index (χ3n) is 1.41. The standard InChI is InChI=1S/C8H4Cl4O3/c9-3-1-4(10)8(7(12)6(3)11)15-2-5(13)14/h1H,2H2,(H,13,14). The Morgan fingerprint density at radius 3 is 2.33 bits per heavy atom. The van der Waals surface area contributed by atoms with E-state index in [1.54, 1.807) is 0 Å². The predicted molar refractivity (Wildman–Crippen MR) is 59.6 cm³/mol. The lowest BCUT2D eigenvalue weighted by atomic mass is 10.3. The Hall–Kier alpha value is -0.350. The number of carbonyl (C=O) groups is 1. The predicted octanol–water partition coefficient (Wildman–Crippen LogP) is 3.76. The van der Waals surface area contributed by atoms with Gasteiger partial charge in [-0.3, -0.25) is 0 Å². The maximum absolute atomic E-state index is 10.3. The van der Waals surface area contributed by atoms with Gasteiger partial charge in [0.1, 0.15) is 5.02 Å². The van der Waals surface area contributed by atoms with Crippen molar-refractivity contribution in [3.05, 3.63) is 26.2 Å². The number of benzene rings is 1. The lowest BCUT2D eigenvalue weighted by Gasteiger charge is -2.09. The summed E-state index contributed by atoms with van der Waals surface area (Å²) < 4.78 is 4.86.